The second kappa shape index (κ2) is 5.34. The van der Waals surface area contributed by atoms with Crippen LogP contribution >= 0.6 is 11.6 Å². The number of aromatic nitrogens is 2. The standard InChI is InChI=1S/C13H11ClN2O4/c1-7(17)12-10(4-11(15-12)13(18)20-2)8-3-9(14)6-16(19)5-8/h3-6,15H,1-2H3. The molecule has 2 aromatic heterocycles. The molecule has 6 nitrogen and oxygen atoms in total. The minimum absolute atomic E-state index is 0.130. The highest BCUT2D eigenvalue weighted by Gasteiger charge is 2.19. The Kier molecular flexibility index (Phi) is 3.76. The Balaban J connectivity index is 2.62. The number of ether oxygens (including phenoxy) is 1. The van der Waals surface area contributed by atoms with Gasteiger partial charge in [-0.25, -0.2) is 4.79 Å². The summed E-state index contributed by atoms with van der Waals surface area (Å²) in [5.41, 5.74) is 1.20. The molecule has 0 amide bonds. The molecule has 0 aliphatic carbocycles. The van der Waals surface area contributed by atoms with Crippen LogP contribution < -0.4 is 4.73 Å². The van der Waals surface area contributed by atoms with E-state index in [0.717, 1.165) is 0 Å². The normalized spacial score (nSPS) is 10.3. The van der Waals surface area contributed by atoms with E-state index in [2.05, 4.69) is 9.72 Å². The van der Waals surface area contributed by atoms with Gasteiger partial charge in [0.15, 0.2) is 18.2 Å². The molecule has 1 N–H and O–H groups in total. The number of methoxy groups -OCH3 is 1. The Morgan fingerprint density at radius 1 is 1.35 bits per heavy atom. The lowest BCUT2D eigenvalue weighted by Crippen LogP contribution is -2.24. The molecule has 20 heavy (non-hydrogen) atoms. The maximum absolute atomic E-state index is 11.6. The molecular weight excluding hydrogens is 284 g/mol. The fraction of sp³-hybridized carbons (Fsp3) is 0.154. The Hall–Kier alpha value is -2.34. The minimum atomic E-state index is -0.601. The first kappa shape index (κ1) is 14.1. The fourth-order valence-corrected chi connectivity index (χ4v) is 2.06. The highest BCUT2D eigenvalue weighted by molar-refractivity contribution is 6.30. The Morgan fingerprint density at radius 2 is 2.05 bits per heavy atom. The van der Waals surface area contributed by atoms with Crippen molar-refractivity contribution in [3.63, 3.8) is 0 Å². The quantitative estimate of drug-likeness (QED) is 0.406. The van der Waals surface area contributed by atoms with E-state index in [9.17, 15) is 14.8 Å². The van der Waals surface area contributed by atoms with Gasteiger partial charge in [0.2, 0.25) is 0 Å². The molecule has 2 rings (SSSR count). The monoisotopic (exact) mass is 294 g/mol. The average Bonchev–Trinajstić information content (AvgIpc) is 2.81. The molecule has 0 saturated heterocycles. The van der Waals surface area contributed by atoms with E-state index in [1.54, 1.807) is 0 Å². The van der Waals surface area contributed by atoms with Crippen LogP contribution in [-0.2, 0) is 4.74 Å². The van der Waals surface area contributed by atoms with Crippen LogP contribution in [0.4, 0.5) is 0 Å². The van der Waals surface area contributed by atoms with Gasteiger partial charge in [0.25, 0.3) is 0 Å². The maximum Gasteiger partial charge on any atom is 0.354 e. The summed E-state index contributed by atoms with van der Waals surface area (Å²) >= 11 is 5.82. The van der Waals surface area contributed by atoms with Crippen LogP contribution in [0.5, 0.6) is 0 Å². The van der Waals surface area contributed by atoms with Crippen molar-refractivity contribution >= 4 is 23.4 Å². The summed E-state index contributed by atoms with van der Waals surface area (Å²) in [6, 6.07) is 2.99. The SMILES string of the molecule is COC(=O)c1cc(-c2cc(Cl)c[n+]([O-])c2)c(C(C)=O)[nH]1. The number of aromatic amines is 1. The highest BCUT2D eigenvalue weighted by atomic mass is 35.5. The maximum atomic E-state index is 11.6. The van der Waals surface area contributed by atoms with Gasteiger partial charge in [-0.2, -0.15) is 4.73 Å². The molecule has 0 bridgehead atoms. The average molecular weight is 295 g/mol. The molecule has 2 aromatic rings. The van der Waals surface area contributed by atoms with Crippen molar-refractivity contribution in [1.82, 2.24) is 4.98 Å². The molecule has 104 valence electrons. The number of hydrogen-bond acceptors (Lipinski definition) is 4. The van der Waals surface area contributed by atoms with E-state index in [1.165, 1.54) is 38.6 Å². The predicted octanol–water partition coefficient (Wildman–Crippen LogP) is 1.96. The van der Waals surface area contributed by atoms with Gasteiger partial charge < -0.3 is 14.9 Å². The number of carbonyl (C=O) groups is 2. The van der Waals surface area contributed by atoms with Crippen molar-refractivity contribution < 1.29 is 19.1 Å². The lowest BCUT2D eigenvalue weighted by Gasteiger charge is -2.02. The number of nitrogens with one attached hydrogen (secondary N) is 1. The third-order valence-electron chi connectivity index (χ3n) is 2.70. The number of hydrogen-bond donors (Lipinski definition) is 1. The first-order chi connectivity index (χ1) is 9.42. The van der Waals surface area contributed by atoms with Crippen LogP contribution in [0.1, 0.15) is 27.9 Å². The van der Waals surface area contributed by atoms with Crippen LogP contribution in [0.25, 0.3) is 11.1 Å². The van der Waals surface area contributed by atoms with Crippen molar-refractivity contribution in [2.45, 2.75) is 6.92 Å². The number of rotatable bonds is 3. The largest absolute Gasteiger partial charge is 0.619 e. The zero-order valence-corrected chi connectivity index (χ0v) is 11.5. The molecule has 0 aliphatic heterocycles. The summed E-state index contributed by atoms with van der Waals surface area (Å²) in [6.07, 6.45) is 2.45. The first-order valence-corrected chi connectivity index (χ1v) is 6.02. The van der Waals surface area contributed by atoms with E-state index in [-0.39, 0.29) is 22.2 Å². The van der Waals surface area contributed by atoms with Gasteiger partial charge in [0.05, 0.1) is 18.4 Å². The van der Waals surface area contributed by atoms with Crippen LogP contribution in [0.15, 0.2) is 24.5 Å². The first-order valence-electron chi connectivity index (χ1n) is 5.64. The summed E-state index contributed by atoms with van der Waals surface area (Å²) < 4.78 is 5.13. The predicted molar refractivity (Wildman–Crippen MR) is 71.5 cm³/mol. The van der Waals surface area contributed by atoms with E-state index in [1.807, 2.05) is 0 Å². The Labute approximate surface area is 119 Å². The smallest absolute Gasteiger partial charge is 0.354 e. The van der Waals surface area contributed by atoms with E-state index in [0.29, 0.717) is 15.9 Å². The number of nitrogens with zero attached hydrogens (tertiary/aromatic N) is 1. The molecular formula is C13H11ClN2O4. The lowest BCUT2D eigenvalue weighted by atomic mass is 10.1. The van der Waals surface area contributed by atoms with Crippen molar-refractivity contribution in [3.05, 3.63) is 46.1 Å². The zero-order valence-electron chi connectivity index (χ0n) is 10.8. The zero-order chi connectivity index (χ0) is 14.9. The fourth-order valence-electron chi connectivity index (χ4n) is 1.85. The lowest BCUT2D eigenvalue weighted by molar-refractivity contribution is -0.604. The second-order valence-electron chi connectivity index (χ2n) is 4.12. The minimum Gasteiger partial charge on any atom is -0.619 e. The van der Waals surface area contributed by atoms with Gasteiger partial charge in [-0.05, 0) is 12.1 Å². The van der Waals surface area contributed by atoms with Crippen LogP contribution in [-0.4, -0.2) is 23.8 Å². The van der Waals surface area contributed by atoms with Gasteiger partial charge in [-0.15, -0.1) is 0 Å². The van der Waals surface area contributed by atoms with Gasteiger partial charge in [-0.1, -0.05) is 11.6 Å². The van der Waals surface area contributed by atoms with Crippen LogP contribution in [0.3, 0.4) is 0 Å². The Bertz CT molecular complexity index is 673. The third kappa shape index (κ3) is 2.65. The summed E-state index contributed by atoms with van der Waals surface area (Å²) in [5, 5.41) is 11.6. The van der Waals surface area contributed by atoms with Gasteiger partial charge in [0, 0.05) is 12.5 Å². The number of carbonyl (C=O) groups excluding carboxylic acids is 2. The molecule has 0 fully saturated rings. The van der Waals surface area contributed by atoms with Crippen molar-refractivity contribution in [3.8, 4) is 11.1 Å². The van der Waals surface area contributed by atoms with Gasteiger partial charge in [0.1, 0.15) is 10.7 Å². The Morgan fingerprint density at radius 3 is 2.60 bits per heavy atom. The third-order valence-corrected chi connectivity index (χ3v) is 2.90. The van der Waals surface area contributed by atoms with E-state index < -0.39 is 5.97 Å². The van der Waals surface area contributed by atoms with Crippen molar-refractivity contribution in [1.29, 1.82) is 0 Å². The number of H-pyrrole nitrogens is 1. The molecule has 0 unspecified atom stereocenters. The van der Waals surface area contributed by atoms with Crippen molar-refractivity contribution in [2.75, 3.05) is 7.11 Å². The van der Waals surface area contributed by atoms with E-state index >= 15 is 0 Å². The number of Topliss-reactive ketones (excluding diaryl/α,β-unsaturated/α-hetero) is 1. The van der Waals surface area contributed by atoms with Crippen molar-refractivity contribution in [2.24, 2.45) is 0 Å². The van der Waals surface area contributed by atoms with Crippen LogP contribution in [0.2, 0.25) is 5.02 Å². The topological polar surface area (TPSA) is 86.1 Å². The molecule has 0 spiro atoms. The number of halogens is 1. The van der Waals surface area contributed by atoms with Gasteiger partial charge in [-0.3, -0.25) is 4.79 Å². The second-order valence-corrected chi connectivity index (χ2v) is 4.56. The summed E-state index contributed by atoms with van der Waals surface area (Å²) in [7, 11) is 1.24. The molecule has 0 atom stereocenters. The highest BCUT2D eigenvalue weighted by Crippen LogP contribution is 2.26. The summed E-state index contributed by atoms with van der Waals surface area (Å²) in [5.74, 6) is -0.872. The van der Waals surface area contributed by atoms with Crippen LogP contribution in [0, 0.1) is 5.21 Å². The van der Waals surface area contributed by atoms with E-state index in [4.69, 9.17) is 11.6 Å². The summed E-state index contributed by atoms with van der Waals surface area (Å²) in [6.45, 7) is 1.35. The molecule has 0 saturated carbocycles. The van der Waals surface area contributed by atoms with Gasteiger partial charge >= 0.3 is 5.97 Å². The molecule has 7 heteroatoms. The number of pyridine rings is 1. The molecule has 2 heterocycles. The molecule has 0 aliphatic rings. The number of esters is 1. The molecule has 0 aromatic carbocycles. The summed E-state index contributed by atoms with van der Waals surface area (Å²) in [4.78, 5) is 25.8. The molecule has 0 radical (unpaired) electrons. The number of ketones is 1.